The van der Waals surface area contributed by atoms with Crippen molar-refractivity contribution in [2.45, 2.75) is 0 Å². The highest BCUT2D eigenvalue weighted by Gasteiger charge is 2.27. The van der Waals surface area contributed by atoms with Gasteiger partial charge in [-0.2, -0.15) is 0 Å². The number of H-pyrrole nitrogens is 2. The van der Waals surface area contributed by atoms with Crippen LogP contribution in [0.2, 0.25) is 0 Å². The number of para-hydroxylation sites is 1. The molecule has 2 N–H and O–H groups in total. The van der Waals surface area contributed by atoms with E-state index in [0.717, 1.165) is 11.1 Å². The van der Waals surface area contributed by atoms with E-state index in [4.69, 9.17) is 4.74 Å². The molecule has 0 bridgehead atoms. The summed E-state index contributed by atoms with van der Waals surface area (Å²) in [5.74, 6) is -0.116. The van der Waals surface area contributed by atoms with Gasteiger partial charge in [0.05, 0.1) is 24.1 Å². The third-order valence-corrected chi connectivity index (χ3v) is 5.23. The molecule has 6 nitrogen and oxygen atoms in total. The highest BCUT2D eigenvalue weighted by Crippen LogP contribution is 2.32. The van der Waals surface area contributed by atoms with Crippen molar-refractivity contribution in [3.8, 4) is 11.1 Å². The van der Waals surface area contributed by atoms with Gasteiger partial charge in [0.2, 0.25) is 0 Å². The van der Waals surface area contributed by atoms with Crippen molar-refractivity contribution < 1.29 is 9.53 Å². The molecular weight excluding hydrogens is 354 g/mol. The van der Waals surface area contributed by atoms with E-state index in [0.29, 0.717) is 54.0 Å². The van der Waals surface area contributed by atoms with Crippen molar-refractivity contribution in [1.82, 2.24) is 14.9 Å². The summed E-state index contributed by atoms with van der Waals surface area (Å²) in [6.45, 7) is 2.13. The predicted molar refractivity (Wildman–Crippen MR) is 109 cm³/mol. The van der Waals surface area contributed by atoms with E-state index in [1.165, 1.54) is 0 Å². The molecule has 0 spiro atoms. The summed E-state index contributed by atoms with van der Waals surface area (Å²) in [6.07, 6.45) is 0. The summed E-state index contributed by atoms with van der Waals surface area (Å²) in [5, 5.41) is 1.12. The molecule has 140 valence electrons. The van der Waals surface area contributed by atoms with Gasteiger partial charge in [0.1, 0.15) is 11.3 Å². The lowest BCUT2D eigenvalue weighted by Gasteiger charge is -2.26. The normalized spacial score (nSPS) is 14.6. The molecule has 0 atom stereocenters. The number of hydrogen-bond acceptors (Lipinski definition) is 3. The Labute approximate surface area is 160 Å². The molecule has 0 saturated carbocycles. The third kappa shape index (κ3) is 2.61. The van der Waals surface area contributed by atoms with Crippen LogP contribution in [0.4, 0.5) is 0 Å². The summed E-state index contributed by atoms with van der Waals surface area (Å²) in [5.41, 5.74) is 3.16. The van der Waals surface area contributed by atoms with E-state index in [2.05, 4.69) is 9.97 Å². The quantitative estimate of drug-likeness (QED) is 0.567. The van der Waals surface area contributed by atoms with Gasteiger partial charge in [-0.05, 0) is 17.7 Å². The Hall–Kier alpha value is -3.38. The molecule has 6 heteroatoms. The zero-order valence-corrected chi connectivity index (χ0v) is 15.2. The Kier molecular flexibility index (Phi) is 3.98. The lowest BCUT2D eigenvalue weighted by atomic mass is 10.0. The van der Waals surface area contributed by atoms with Crippen LogP contribution in [0.15, 0.2) is 59.4 Å². The summed E-state index contributed by atoms with van der Waals surface area (Å²) in [6, 6.07) is 17.0. The van der Waals surface area contributed by atoms with Gasteiger partial charge in [0.25, 0.3) is 5.91 Å². The predicted octanol–water partition coefficient (Wildman–Crippen LogP) is 3.15. The smallest absolute Gasteiger partial charge is 0.271 e. The van der Waals surface area contributed by atoms with Gasteiger partial charge in [0, 0.05) is 24.0 Å². The maximum absolute atomic E-state index is 13.3. The molecule has 1 fully saturated rings. The summed E-state index contributed by atoms with van der Waals surface area (Å²) < 4.78 is 5.37. The molecule has 2 aromatic heterocycles. The Morgan fingerprint density at radius 3 is 2.43 bits per heavy atom. The van der Waals surface area contributed by atoms with Gasteiger partial charge in [-0.15, -0.1) is 0 Å². The lowest BCUT2D eigenvalue weighted by Crippen LogP contribution is -2.41. The molecule has 0 radical (unpaired) electrons. The largest absolute Gasteiger partial charge is 0.378 e. The van der Waals surface area contributed by atoms with Crippen molar-refractivity contribution in [2.24, 2.45) is 0 Å². The number of fused-ring (bicyclic) bond motifs is 2. The Bertz CT molecular complexity index is 1230. The average molecular weight is 373 g/mol. The zero-order chi connectivity index (χ0) is 19.1. The third-order valence-electron chi connectivity index (χ3n) is 5.23. The number of hydrogen-bond donors (Lipinski definition) is 2. The second kappa shape index (κ2) is 6.65. The zero-order valence-electron chi connectivity index (χ0n) is 15.2. The van der Waals surface area contributed by atoms with E-state index < -0.39 is 0 Å². The fourth-order valence-corrected chi connectivity index (χ4v) is 3.86. The molecule has 3 heterocycles. The number of nitrogens with zero attached hydrogens (tertiary/aromatic N) is 1. The van der Waals surface area contributed by atoms with E-state index in [-0.39, 0.29) is 11.3 Å². The first-order valence-corrected chi connectivity index (χ1v) is 9.33. The van der Waals surface area contributed by atoms with Crippen LogP contribution < -0.4 is 5.43 Å². The second-order valence-corrected chi connectivity index (χ2v) is 6.90. The van der Waals surface area contributed by atoms with E-state index in [9.17, 15) is 9.59 Å². The van der Waals surface area contributed by atoms with Crippen LogP contribution in [-0.2, 0) is 4.74 Å². The number of nitrogens with one attached hydrogen (secondary N) is 2. The van der Waals surface area contributed by atoms with Crippen LogP contribution >= 0.6 is 0 Å². The number of amides is 1. The fourth-order valence-electron chi connectivity index (χ4n) is 3.86. The monoisotopic (exact) mass is 373 g/mol. The number of benzene rings is 2. The Balaban J connectivity index is 1.82. The van der Waals surface area contributed by atoms with Gasteiger partial charge in [-0.3, -0.25) is 9.59 Å². The average Bonchev–Trinajstić information content (AvgIpc) is 3.14. The molecule has 28 heavy (non-hydrogen) atoms. The first kappa shape index (κ1) is 16.8. The molecule has 5 rings (SSSR count). The van der Waals surface area contributed by atoms with Crippen molar-refractivity contribution in [2.75, 3.05) is 26.3 Å². The second-order valence-electron chi connectivity index (χ2n) is 6.90. The lowest BCUT2D eigenvalue weighted by molar-refractivity contribution is 0.0300. The first-order valence-electron chi connectivity index (χ1n) is 9.33. The minimum absolute atomic E-state index is 0.0829. The number of ether oxygens (including phenoxy) is 1. The maximum atomic E-state index is 13.3. The number of carbonyl (C=O) groups is 1. The van der Waals surface area contributed by atoms with Crippen LogP contribution in [-0.4, -0.2) is 47.1 Å². The van der Waals surface area contributed by atoms with Crippen LogP contribution in [0.3, 0.4) is 0 Å². The van der Waals surface area contributed by atoms with Gasteiger partial charge < -0.3 is 19.6 Å². The minimum Gasteiger partial charge on any atom is -0.378 e. The molecule has 1 amide bonds. The molecule has 4 aromatic rings. The number of carbonyl (C=O) groups excluding carboxylic acids is 1. The number of aromatic amines is 2. The van der Waals surface area contributed by atoms with Gasteiger partial charge >= 0.3 is 0 Å². The van der Waals surface area contributed by atoms with E-state index in [1.807, 2.05) is 48.5 Å². The summed E-state index contributed by atoms with van der Waals surface area (Å²) in [7, 11) is 0. The fraction of sp³-hybridized carbons (Fsp3) is 0.182. The standard InChI is InChI=1S/C22H19N3O3/c26-20-15-8-4-5-9-16(15)23-21-18(20)17(14-6-2-1-3-7-14)19(24-21)22(27)25-10-12-28-13-11-25/h1-9H,10-13H2,(H2,23,24,26). The van der Waals surface area contributed by atoms with Gasteiger partial charge in [0.15, 0.2) is 5.43 Å². The molecule has 1 aliphatic rings. The van der Waals surface area contributed by atoms with Crippen molar-refractivity contribution in [3.63, 3.8) is 0 Å². The number of morpholine rings is 1. The Morgan fingerprint density at radius 2 is 1.64 bits per heavy atom. The summed E-state index contributed by atoms with van der Waals surface area (Å²) >= 11 is 0. The Morgan fingerprint density at radius 1 is 0.929 bits per heavy atom. The van der Waals surface area contributed by atoms with Gasteiger partial charge in [-0.25, -0.2) is 0 Å². The highest BCUT2D eigenvalue weighted by molar-refractivity contribution is 6.10. The number of rotatable bonds is 2. The molecule has 0 unspecified atom stereocenters. The topological polar surface area (TPSA) is 78.2 Å². The highest BCUT2D eigenvalue weighted by atomic mass is 16.5. The molecular formula is C22H19N3O3. The SMILES string of the molecule is O=C(c1[nH]c2[nH]c3ccccc3c(=O)c2c1-c1ccccc1)N1CCOCC1. The van der Waals surface area contributed by atoms with E-state index >= 15 is 0 Å². The van der Waals surface area contributed by atoms with Crippen LogP contribution in [0.25, 0.3) is 33.1 Å². The van der Waals surface area contributed by atoms with Crippen molar-refractivity contribution in [1.29, 1.82) is 0 Å². The molecule has 2 aromatic carbocycles. The van der Waals surface area contributed by atoms with Crippen molar-refractivity contribution >= 4 is 27.8 Å². The molecule has 1 saturated heterocycles. The maximum Gasteiger partial charge on any atom is 0.271 e. The number of pyridine rings is 1. The summed E-state index contributed by atoms with van der Waals surface area (Å²) in [4.78, 5) is 34.9. The molecule has 1 aliphatic heterocycles. The van der Waals surface area contributed by atoms with Crippen LogP contribution in [0.1, 0.15) is 10.5 Å². The van der Waals surface area contributed by atoms with E-state index in [1.54, 1.807) is 11.0 Å². The minimum atomic E-state index is -0.116. The molecule has 0 aliphatic carbocycles. The van der Waals surface area contributed by atoms with Crippen LogP contribution in [0.5, 0.6) is 0 Å². The van der Waals surface area contributed by atoms with Gasteiger partial charge in [-0.1, -0.05) is 42.5 Å². The number of aromatic nitrogens is 2. The van der Waals surface area contributed by atoms with Crippen molar-refractivity contribution in [3.05, 3.63) is 70.5 Å². The first-order chi connectivity index (χ1) is 13.7. The van der Waals surface area contributed by atoms with Crippen LogP contribution in [0, 0.1) is 0 Å².